The van der Waals surface area contributed by atoms with Gasteiger partial charge in [0.25, 0.3) is 5.91 Å². The lowest BCUT2D eigenvalue weighted by atomic mass is 10.1. The Bertz CT molecular complexity index is 559. The summed E-state index contributed by atoms with van der Waals surface area (Å²) in [5.41, 5.74) is 1.75. The minimum Gasteiger partial charge on any atom is -0.455 e. The van der Waals surface area contributed by atoms with E-state index in [2.05, 4.69) is 12.2 Å². The van der Waals surface area contributed by atoms with Crippen LogP contribution < -0.4 is 10.2 Å². The highest BCUT2D eigenvalue weighted by Gasteiger charge is 2.25. The van der Waals surface area contributed by atoms with E-state index in [0.29, 0.717) is 19.0 Å². The molecule has 1 saturated heterocycles. The number of nitrogens with zero attached hydrogens (tertiary/aromatic N) is 1. The zero-order valence-corrected chi connectivity index (χ0v) is 14.8. The lowest BCUT2D eigenvalue weighted by Gasteiger charge is -2.23. The smallest absolute Gasteiger partial charge is 0.310 e. The molecule has 0 spiro atoms. The second-order valence-corrected chi connectivity index (χ2v) is 6.27. The molecule has 1 amide bonds. The second kappa shape index (κ2) is 9.64. The summed E-state index contributed by atoms with van der Waals surface area (Å²) in [6.07, 6.45) is 2.63. The molecule has 1 fully saturated rings. The third-order valence-corrected chi connectivity index (χ3v) is 4.45. The van der Waals surface area contributed by atoms with Gasteiger partial charge in [-0.3, -0.25) is 9.59 Å². The molecule has 6 heteroatoms. The number of halogens is 1. The molecule has 5 nitrogen and oxygen atoms in total. The van der Waals surface area contributed by atoms with E-state index < -0.39 is 0 Å². The zero-order valence-electron chi connectivity index (χ0n) is 14.1. The Morgan fingerprint density at radius 3 is 2.92 bits per heavy atom. The lowest BCUT2D eigenvalue weighted by molar-refractivity contribution is -0.151. The van der Waals surface area contributed by atoms with Gasteiger partial charge < -0.3 is 15.0 Å². The van der Waals surface area contributed by atoms with Crippen LogP contribution in [0, 0.1) is 5.92 Å². The van der Waals surface area contributed by atoms with Gasteiger partial charge in [-0.25, -0.2) is 0 Å². The van der Waals surface area contributed by atoms with E-state index >= 15 is 0 Å². The van der Waals surface area contributed by atoms with Crippen molar-refractivity contribution in [2.75, 3.05) is 31.1 Å². The molecule has 1 aromatic carbocycles. The van der Waals surface area contributed by atoms with Crippen LogP contribution in [0.2, 0.25) is 0 Å². The number of rotatable bonds is 8. The van der Waals surface area contributed by atoms with Crippen molar-refractivity contribution in [2.45, 2.75) is 32.1 Å². The molecule has 1 aliphatic rings. The van der Waals surface area contributed by atoms with Crippen molar-refractivity contribution >= 4 is 29.2 Å². The van der Waals surface area contributed by atoms with Crippen LogP contribution in [0.3, 0.4) is 0 Å². The number of ether oxygens (including phenoxy) is 1. The maximum absolute atomic E-state index is 12.6. The number of hydrogen-bond acceptors (Lipinski definition) is 4. The Hall–Kier alpha value is -1.59. The van der Waals surface area contributed by atoms with Crippen molar-refractivity contribution in [3.8, 4) is 0 Å². The van der Waals surface area contributed by atoms with Crippen molar-refractivity contribution in [1.82, 2.24) is 5.32 Å². The number of unbranched alkanes of at least 4 members (excludes halogenated alkanes) is 1. The monoisotopic (exact) mass is 352 g/mol. The standard InChI is InChI=1S/C18H25ClN2O3/c1-2-3-9-21(16-6-4-5-14(10-16)11-19)17(22)13-24-18(23)15-7-8-20-12-15/h4-6,10,15,20H,2-3,7-9,11-13H2,1H3. The fourth-order valence-electron chi connectivity index (χ4n) is 2.71. The molecule has 0 bridgehead atoms. The molecule has 0 saturated carbocycles. The Kier molecular flexibility index (Phi) is 7.53. The summed E-state index contributed by atoms with van der Waals surface area (Å²) in [6, 6.07) is 7.59. The molecule has 1 heterocycles. The molecule has 24 heavy (non-hydrogen) atoms. The van der Waals surface area contributed by atoms with E-state index in [9.17, 15) is 9.59 Å². The molecule has 1 unspecified atom stereocenters. The van der Waals surface area contributed by atoms with Gasteiger partial charge in [-0.2, -0.15) is 0 Å². The molecular formula is C18H25ClN2O3. The van der Waals surface area contributed by atoms with Crippen LogP contribution in [-0.4, -0.2) is 38.1 Å². The highest BCUT2D eigenvalue weighted by Crippen LogP contribution is 2.19. The number of nitrogens with one attached hydrogen (secondary N) is 1. The van der Waals surface area contributed by atoms with E-state index in [0.717, 1.165) is 37.1 Å². The van der Waals surface area contributed by atoms with Crippen molar-refractivity contribution in [3.05, 3.63) is 29.8 Å². The van der Waals surface area contributed by atoms with Crippen LogP contribution in [0.25, 0.3) is 0 Å². The summed E-state index contributed by atoms with van der Waals surface area (Å²) in [5.74, 6) is -0.234. The normalized spacial score (nSPS) is 16.8. The zero-order chi connectivity index (χ0) is 17.4. The van der Waals surface area contributed by atoms with E-state index in [-0.39, 0.29) is 24.4 Å². The van der Waals surface area contributed by atoms with Gasteiger partial charge in [-0.05, 0) is 37.1 Å². The SMILES string of the molecule is CCCCN(C(=O)COC(=O)C1CCNC1)c1cccc(CCl)c1. The fourth-order valence-corrected chi connectivity index (χ4v) is 2.87. The fraction of sp³-hybridized carbons (Fsp3) is 0.556. The van der Waals surface area contributed by atoms with Crippen LogP contribution in [0.4, 0.5) is 5.69 Å². The van der Waals surface area contributed by atoms with Gasteiger partial charge in [0.15, 0.2) is 6.61 Å². The molecule has 1 N–H and O–H groups in total. The van der Waals surface area contributed by atoms with Gasteiger partial charge in [0, 0.05) is 24.7 Å². The first kappa shape index (κ1) is 18.7. The lowest BCUT2D eigenvalue weighted by Crippen LogP contribution is -2.36. The van der Waals surface area contributed by atoms with Gasteiger partial charge in [0.1, 0.15) is 0 Å². The number of carbonyl (C=O) groups is 2. The Morgan fingerprint density at radius 1 is 1.42 bits per heavy atom. The van der Waals surface area contributed by atoms with Gasteiger partial charge >= 0.3 is 5.97 Å². The average molecular weight is 353 g/mol. The minimum absolute atomic E-state index is 0.138. The van der Waals surface area contributed by atoms with Crippen LogP contribution in [0.5, 0.6) is 0 Å². The molecule has 132 valence electrons. The molecule has 1 aliphatic heterocycles. The minimum atomic E-state index is -0.293. The van der Waals surface area contributed by atoms with E-state index in [1.165, 1.54) is 0 Å². The first-order valence-electron chi connectivity index (χ1n) is 8.48. The predicted octanol–water partition coefficient (Wildman–Crippen LogP) is 2.71. The number of alkyl halides is 1. The van der Waals surface area contributed by atoms with Crippen LogP contribution in [0.1, 0.15) is 31.7 Å². The Balaban J connectivity index is 2.00. The van der Waals surface area contributed by atoms with Crippen LogP contribution in [0.15, 0.2) is 24.3 Å². The van der Waals surface area contributed by atoms with E-state index in [4.69, 9.17) is 16.3 Å². The Labute approximate surface area is 148 Å². The summed E-state index contributed by atoms with van der Waals surface area (Å²) < 4.78 is 5.23. The van der Waals surface area contributed by atoms with Gasteiger partial charge in [-0.1, -0.05) is 25.5 Å². The number of hydrogen-bond donors (Lipinski definition) is 1. The number of carbonyl (C=O) groups excluding carboxylic acids is 2. The maximum Gasteiger partial charge on any atom is 0.310 e. The largest absolute Gasteiger partial charge is 0.455 e. The van der Waals surface area contributed by atoms with Gasteiger partial charge in [-0.15, -0.1) is 11.6 Å². The molecular weight excluding hydrogens is 328 g/mol. The quantitative estimate of drug-likeness (QED) is 0.577. The topological polar surface area (TPSA) is 58.6 Å². The third-order valence-electron chi connectivity index (χ3n) is 4.14. The van der Waals surface area contributed by atoms with E-state index in [1.807, 2.05) is 24.3 Å². The summed E-state index contributed by atoms with van der Waals surface area (Å²) in [6.45, 7) is 3.91. The number of esters is 1. The maximum atomic E-state index is 12.6. The molecule has 0 aromatic heterocycles. The average Bonchev–Trinajstić information content (AvgIpc) is 3.15. The predicted molar refractivity (Wildman–Crippen MR) is 95.2 cm³/mol. The van der Waals surface area contributed by atoms with Gasteiger partial charge in [0.2, 0.25) is 0 Å². The molecule has 0 radical (unpaired) electrons. The number of anilines is 1. The summed E-state index contributed by atoms with van der Waals surface area (Å²) in [7, 11) is 0. The Morgan fingerprint density at radius 2 is 2.25 bits per heavy atom. The van der Waals surface area contributed by atoms with Gasteiger partial charge in [0.05, 0.1) is 5.92 Å². The molecule has 1 atom stereocenters. The first-order valence-corrected chi connectivity index (χ1v) is 9.01. The number of amides is 1. The first-order chi connectivity index (χ1) is 11.7. The summed E-state index contributed by atoms with van der Waals surface area (Å²) >= 11 is 5.88. The van der Waals surface area contributed by atoms with Crippen molar-refractivity contribution in [3.63, 3.8) is 0 Å². The van der Waals surface area contributed by atoms with Crippen molar-refractivity contribution in [1.29, 1.82) is 0 Å². The summed E-state index contributed by atoms with van der Waals surface area (Å²) in [4.78, 5) is 26.2. The molecule has 1 aromatic rings. The van der Waals surface area contributed by atoms with Crippen molar-refractivity contribution in [2.24, 2.45) is 5.92 Å². The molecule has 0 aliphatic carbocycles. The second-order valence-electron chi connectivity index (χ2n) is 6.00. The summed E-state index contributed by atoms with van der Waals surface area (Å²) in [5, 5.41) is 3.12. The van der Waals surface area contributed by atoms with E-state index in [1.54, 1.807) is 4.90 Å². The third kappa shape index (κ3) is 5.21. The van der Waals surface area contributed by atoms with Crippen LogP contribution in [-0.2, 0) is 20.2 Å². The highest BCUT2D eigenvalue weighted by atomic mass is 35.5. The van der Waals surface area contributed by atoms with Crippen LogP contribution >= 0.6 is 11.6 Å². The number of benzene rings is 1. The highest BCUT2D eigenvalue weighted by molar-refractivity contribution is 6.17. The molecule has 2 rings (SSSR count). The van der Waals surface area contributed by atoms with Crippen molar-refractivity contribution < 1.29 is 14.3 Å².